The van der Waals surface area contributed by atoms with E-state index in [4.69, 9.17) is 9.47 Å². The molecule has 1 aromatic heterocycles. The van der Waals surface area contributed by atoms with Crippen molar-refractivity contribution in [1.82, 2.24) is 10.3 Å². The van der Waals surface area contributed by atoms with Gasteiger partial charge in [0.05, 0.1) is 6.20 Å². The number of nitrogens with one attached hydrogen (secondary N) is 1. The average Bonchev–Trinajstić information content (AvgIpc) is 2.44. The predicted octanol–water partition coefficient (Wildman–Crippen LogP) is 2.32. The maximum Gasteiger partial charge on any atom is 0.213 e. The van der Waals surface area contributed by atoms with Gasteiger partial charge in [-0.15, -0.1) is 0 Å². The van der Waals surface area contributed by atoms with Gasteiger partial charge < -0.3 is 14.8 Å². The standard InChI is InChI=1S/C15H24N2O3S/c1-10(2)14(18)9-19-13-5-6-15(17-8-13)20-11(3)7-16-12(4)21/h5-6,8,10-12,16,21H,7,9H2,1-4H3/t11-,12?/m0/s1. The predicted molar refractivity (Wildman–Crippen MR) is 86.1 cm³/mol. The molecule has 1 unspecified atom stereocenters. The van der Waals surface area contributed by atoms with Crippen LogP contribution < -0.4 is 14.8 Å². The topological polar surface area (TPSA) is 60.5 Å². The van der Waals surface area contributed by atoms with Crippen molar-refractivity contribution in [3.63, 3.8) is 0 Å². The molecule has 1 rings (SSSR count). The highest BCUT2D eigenvalue weighted by Crippen LogP contribution is 2.15. The minimum atomic E-state index is -0.0249. The molecule has 0 aliphatic carbocycles. The van der Waals surface area contributed by atoms with Crippen molar-refractivity contribution in [2.75, 3.05) is 13.2 Å². The highest BCUT2D eigenvalue weighted by atomic mass is 32.1. The minimum absolute atomic E-state index is 0.0126. The number of nitrogens with zero attached hydrogens (tertiary/aromatic N) is 1. The molecule has 0 amide bonds. The van der Waals surface area contributed by atoms with Crippen LogP contribution in [0, 0.1) is 5.92 Å². The Morgan fingerprint density at radius 1 is 1.33 bits per heavy atom. The van der Waals surface area contributed by atoms with Gasteiger partial charge in [-0.1, -0.05) is 13.8 Å². The van der Waals surface area contributed by atoms with Gasteiger partial charge in [-0.25, -0.2) is 4.98 Å². The lowest BCUT2D eigenvalue weighted by atomic mass is 10.1. The van der Waals surface area contributed by atoms with Crippen LogP contribution in [0.25, 0.3) is 0 Å². The first-order valence-corrected chi connectivity index (χ1v) is 7.59. The lowest BCUT2D eigenvalue weighted by Gasteiger charge is -2.16. The van der Waals surface area contributed by atoms with Crippen LogP contribution in [0.3, 0.4) is 0 Å². The molecule has 0 saturated heterocycles. The second-order valence-corrected chi connectivity index (χ2v) is 6.03. The summed E-state index contributed by atoms with van der Waals surface area (Å²) in [6.07, 6.45) is 1.55. The van der Waals surface area contributed by atoms with Crippen molar-refractivity contribution in [3.05, 3.63) is 18.3 Å². The molecule has 6 heteroatoms. The molecule has 0 fully saturated rings. The van der Waals surface area contributed by atoms with E-state index in [0.29, 0.717) is 18.2 Å². The molecular formula is C15H24N2O3S. The number of carbonyl (C=O) groups is 1. The number of rotatable bonds is 9. The van der Waals surface area contributed by atoms with Crippen molar-refractivity contribution in [2.45, 2.75) is 39.2 Å². The van der Waals surface area contributed by atoms with E-state index in [1.165, 1.54) is 0 Å². The number of ether oxygens (including phenoxy) is 2. The smallest absolute Gasteiger partial charge is 0.213 e. The summed E-state index contributed by atoms with van der Waals surface area (Å²) in [5, 5.41) is 3.29. The molecule has 0 bridgehead atoms. The van der Waals surface area contributed by atoms with Gasteiger partial charge in [0.15, 0.2) is 5.78 Å². The van der Waals surface area contributed by atoms with Gasteiger partial charge in [0.1, 0.15) is 18.5 Å². The molecule has 2 atom stereocenters. The monoisotopic (exact) mass is 312 g/mol. The second-order valence-electron chi connectivity index (χ2n) is 5.25. The molecular weight excluding hydrogens is 288 g/mol. The third-order valence-electron chi connectivity index (χ3n) is 2.76. The quantitative estimate of drug-likeness (QED) is 0.541. The van der Waals surface area contributed by atoms with Crippen molar-refractivity contribution in [2.24, 2.45) is 5.92 Å². The minimum Gasteiger partial charge on any atom is -0.484 e. The second kappa shape index (κ2) is 8.89. The Hall–Kier alpha value is -1.27. The van der Waals surface area contributed by atoms with E-state index in [0.717, 1.165) is 0 Å². The van der Waals surface area contributed by atoms with Crippen LogP contribution >= 0.6 is 12.6 Å². The first-order valence-electron chi connectivity index (χ1n) is 7.08. The zero-order chi connectivity index (χ0) is 15.8. The van der Waals surface area contributed by atoms with Gasteiger partial charge in [-0.05, 0) is 19.9 Å². The van der Waals surface area contributed by atoms with Gasteiger partial charge in [0, 0.05) is 23.9 Å². The fourth-order valence-corrected chi connectivity index (χ4v) is 1.53. The summed E-state index contributed by atoms with van der Waals surface area (Å²) >= 11 is 4.24. The SMILES string of the molecule is CC(S)NC[C@H](C)Oc1ccc(OCC(=O)C(C)C)cn1. The van der Waals surface area contributed by atoms with E-state index in [-0.39, 0.29) is 29.8 Å². The van der Waals surface area contributed by atoms with Gasteiger partial charge in [-0.3, -0.25) is 4.79 Å². The van der Waals surface area contributed by atoms with E-state index in [9.17, 15) is 4.79 Å². The fourth-order valence-electron chi connectivity index (χ4n) is 1.43. The largest absolute Gasteiger partial charge is 0.484 e. The molecule has 5 nitrogen and oxygen atoms in total. The number of Topliss-reactive ketones (excluding diaryl/α,β-unsaturated/α-hetero) is 1. The summed E-state index contributed by atoms with van der Waals surface area (Å²) in [7, 11) is 0. The molecule has 0 aromatic carbocycles. The van der Waals surface area contributed by atoms with Crippen LogP contribution in [0.15, 0.2) is 18.3 Å². The lowest BCUT2D eigenvalue weighted by molar-refractivity contribution is -0.123. The first-order chi connectivity index (χ1) is 9.88. The summed E-state index contributed by atoms with van der Waals surface area (Å²) < 4.78 is 11.0. The highest BCUT2D eigenvalue weighted by Gasteiger charge is 2.09. The number of ketones is 1. The van der Waals surface area contributed by atoms with E-state index < -0.39 is 0 Å². The molecule has 21 heavy (non-hydrogen) atoms. The van der Waals surface area contributed by atoms with Crippen LogP contribution in [-0.4, -0.2) is 35.4 Å². The number of hydrogen-bond acceptors (Lipinski definition) is 6. The van der Waals surface area contributed by atoms with Crippen LogP contribution in [-0.2, 0) is 4.79 Å². The molecule has 0 saturated carbocycles. The van der Waals surface area contributed by atoms with Crippen LogP contribution in [0.5, 0.6) is 11.6 Å². The third-order valence-corrected chi connectivity index (χ3v) is 2.94. The van der Waals surface area contributed by atoms with Crippen LogP contribution in [0.2, 0.25) is 0 Å². The Kier molecular flexibility index (Phi) is 7.53. The lowest BCUT2D eigenvalue weighted by Crippen LogP contribution is -2.32. The van der Waals surface area contributed by atoms with Crippen LogP contribution in [0.4, 0.5) is 0 Å². The average molecular weight is 312 g/mol. The van der Waals surface area contributed by atoms with Gasteiger partial charge in [-0.2, -0.15) is 12.6 Å². The Morgan fingerprint density at radius 2 is 2.05 bits per heavy atom. The first kappa shape index (κ1) is 17.8. The summed E-state index contributed by atoms with van der Waals surface area (Å²) in [4.78, 5) is 15.6. The molecule has 118 valence electrons. The Bertz CT molecular complexity index is 435. The van der Waals surface area contributed by atoms with Gasteiger partial charge in [0.25, 0.3) is 0 Å². The van der Waals surface area contributed by atoms with Gasteiger partial charge >= 0.3 is 0 Å². The summed E-state index contributed by atoms with van der Waals surface area (Å²) in [6, 6.07) is 3.48. The summed E-state index contributed by atoms with van der Waals surface area (Å²) in [5.41, 5.74) is 0. The summed E-state index contributed by atoms with van der Waals surface area (Å²) in [5.74, 6) is 1.13. The van der Waals surface area contributed by atoms with E-state index >= 15 is 0 Å². The highest BCUT2D eigenvalue weighted by molar-refractivity contribution is 7.80. The Labute approximate surface area is 131 Å². The maximum atomic E-state index is 11.5. The van der Waals surface area contributed by atoms with Gasteiger partial charge in [0.2, 0.25) is 5.88 Å². The molecule has 1 N–H and O–H groups in total. The van der Waals surface area contributed by atoms with E-state index in [1.54, 1.807) is 18.3 Å². The van der Waals surface area contributed by atoms with Crippen molar-refractivity contribution in [1.29, 1.82) is 0 Å². The zero-order valence-electron chi connectivity index (χ0n) is 13.0. The normalized spacial score (nSPS) is 13.8. The molecule has 0 radical (unpaired) electrons. The van der Waals surface area contributed by atoms with E-state index in [2.05, 4.69) is 22.9 Å². The molecule has 0 spiro atoms. The van der Waals surface area contributed by atoms with Crippen molar-refractivity contribution < 1.29 is 14.3 Å². The number of carbonyl (C=O) groups excluding carboxylic acids is 1. The number of pyridine rings is 1. The number of hydrogen-bond donors (Lipinski definition) is 2. The van der Waals surface area contributed by atoms with Crippen molar-refractivity contribution >= 4 is 18.4 Å². The Balaban J connectivity index is 2.41. The zero-order valence-corrected chi connectivity index (χ0v) is 13.9. The maximum absolute atomic E-state index is 11.5. The summed E-state index contributed by atoms with van der Waals surface area (Å²) in [6.45, 7) is 8.37. The fraction of sp³-hybridized carbons (Fsp3) is 0.600. The number of thiol groups is 1. The number of aromatic nitrogens is 1. The Morgan fingerprint density at radius 3 is 2.57 bits per heavy atom. The van der Waals surface area contributed by atoms with E-state index in [1.807, 2.05) is 27.7 Å². The molecule has 0 aliphatic rings. The molecule has 1 aromatic rings. The van der Waals surface area contributed by atoms with Crippen molar-refractivity contribution in [3.8, 4) is 11.6 Å². The molecule has 1 heterocycles. The van der Waals surface area contributed by atoms with Crippen LogP contribution in [0.1, 0.15) is 27.7 Å². The molecule has 0 aliphatic heterocycles. The third kappa shape index (κ3) is 7.34.